The topological polar surface area (TPSA) is 267 Å². The minimum Gasteiger partial charge on any atom is -0.393 e. The monoisotopic (exact) mass is 571 g/mol. The third-order valence-corrected chi connectivity index (χ3v) is 8.52. The average Bonchev–Trinajstić information content (AvgIpc) is 3.71. The van der Waals surface area contributed by atoms with E-state index in [0.717, 1.165) is 25.7 Å². The predicted molar refractivity (Wildman–Crippen MR) is 129 cm³/mol. The molecule has 0 radical (unpaired) electrons. The molecule has 3 aromatic rings. The lowest BCUT2D eigenvalue weighted by molar-refractivity contribution is -0.109. The Labute approximate surface area is 220 Å². The van der Waals surface area contributed by atoms with E-state index in [0.29, 0.717) is 11.2 Å². The van der Waals surface area contributed by atoms with E-state index in [1.165, 1.54) is 10.9 Å². The summed E-state index contributed by atoms with van der Waals surface area (Å²) in [5.41, 5.74) is 0.240. The first kappa shape index (κ1) is 27.9. The summed E-state index contributed by atoms with van der Waals surface area (Å²) < 4.78 is 24.8. The lowest BCUT2D eigenvalue weighted by atomic mass is 10.1. The number of rotatable bonds is 11. The van der Waals surface area contributed by atoms with Crippen LogP contribution in [-0.2, 0) is 27.1 Å². The first-order valence-corrected chi connectivity index (χ1v) is 13.9. The van der Waals surface area contributed by atoms with E-state index in [1.807, 2.05) is 0 Å². The summed E-state index contributed by atoms with van der Waals surface area (Å²) in [7, 11) is -5.12. The molecule has 1 saturated heterocycles. The Morgan fingerprint density at radius 2 is 1.95 bits per heavy atom. The molecule has 3 aromatic heterocycles. The molecule has 1 unspecified atom stereocenters. The minimum atomic E-state index is -5.12. The van der Waals surface area contributed by atoms with Crippen LogP contribution in [0.4, 0.5) is 5.82 Å². The van der Waals surface area contributed by atoms with Crippen LogP contribution in [0.15, 0.2) is 6.20 Å². The number of fused-ring (bicyclic) bond motifs is 1. The second kappa shape index (κ2) is 11.1. The number of aromatic nitrogens is 8. The zero-order chi connectivity index (χ0) is 27.8. The number of H-pyrrole nitrogens is 1. The SMILES string of the molecule is O=P(O)(O)C(CO)(Cc1nn[nH]n1)OC[C@@H]1O[C@H](n2ncc3c(NC4CCCC4)nc(CO)nc32)[C@@H](O)[C@H]1O. The van der Waals surface area contributed by atoms with Crippen molar-refractivity contribution in [3.8, 4) is 0 Å². The second-order valence-electron chi connectivity index (χ2n) is 9.61. The third kappa shape index (κ3) is 5.39. The number of ether oxygens (including phenoxy) is 2. The van der Waals surface area contributed by atoms with Crippen LogP contribution in [0.5, 0.6) is 0 Å². The zero-order valence-corrected chi connectivity index (χ0v) is 21.5. The fourth-order valence-electron chi connectivity index (χ4n) is 4.84. The van der Waals surface area contributed by atoms with Gasteiger partial charge in [-0.3, -0.25) is 4.57 Å². The maximum Gasteiger partial charge on any atom is 0.359 e. The van der Waals surface area contributed by atoms with Gasteiger partial charge >= 0.3 is 7.60 Å². The molecule has 214 valence electrons. The zero-order valence-electron chi connectivity index (χ0n) is 20.6. The maximum absolute atomic E-state index is 12.3. The van der Waals surface area contributed by atoms with Gasteiger partial charge in [-0.25, -0.2) is 14.6 Å². The Hall–Kier alpha value is -2.67. The molecule has 1 aliphatic heterocycles. The summed E-state index contributed by atoms with van der Waals surface area (Å²) in [6.45, 7) is -2.18. The van der Waals surface area contributed by atoms with Crippen molar-refractivity contribution in [3.63, 3.8) is 0 Å². The van der Waals surface area contributed by atoms with Crippen LogP contribution < -0.4 is 5.32 Å². The Bertz CT molecular complexity index is 1320. The number of tetrazole rings is 1. The molecule has 0 aromatic carbocycles. The van der Waals surface area contributed by atoms with Gasteiger partial charge in [0.1, 0.15) is 30.7 Å². The number of anilines is 1. The van der Waals surface area contributed by atoms with Gasteiger partial charge in [0, 0.05) is 6.04 Å². The fourth-order valence-corrected chi connectivity index (χ4v) is 5.62. The highest BCUT2D eigenvalue weighted by atomic mass is 31.2. The molecule has 5 atom stereocenters. The number of aliphatic hydroxyl groups is 4. The predicted octanol–water partition coefficient (Wildman–Crippen LogP) is -2.07. The number of aromatic amines is 1. The van der Waals surface area contributed by atoms with Crippen LogP contribution in [0.25, 0.3) is 11.0 Å². The van der Waals surface area contributed by atoms with Crippen molar-refractivity contribution in [2.75, 3.05) is 18.5 Å². The van der Waals surface area contributed by atoms with Crippen LogP contribution in [0.1, 0.15) is 43.6 Å². The molecule has 8 N–H and O–H groups in total. The largest absolute Gasteiger partial charge is 0.393 e. The summed E-state index contributed by atoms with van der Waals surface area (Å²) in [6.07, 6.45) is -0.599. The van der Waals surface area contributed by atoms with Crippen molar-refractivity contribution >= 4 is 24.4 Å². The maximum atomic E-state index is 12.3. The Kier molecular flexibility index (Phi) is 7.91. The first-order valence-electron chi connectivity index (χ1n) is 12.3. The van der Waals surface area contributed by atoms with Crippen molar-refractivity contribution in [3.05, 3.63) is 17.8 Å². The average molecular weight is 571 g/mol. The van der Waals surface area contributed by atoms with Crippen molar-refractivity contribution in [1.29, 1.82) is 0 Å². The Morgan fingerprint density at radius 3 is 2.59 bits per heavy atom. The number of hydrogen-bond donors (Lipinski definition) is 8. The van der Waals surface area contributed by atoms with Gasteiger partial charge in [-0.05, 0) is 12.8 Å². The van der Waals surface area contributed by atoms with Crippen LogP contribution in [0.3, 0.4) is 0 Å². The van der Waals surface area contributed by atoms with Gasteiger partial charge in [0.2, 0.25) is 0 Å². The summed E-state index contributed by atoms with van der Waals surface area (Å²) in [4.78, 5) is 28.6. The molecule has 18 nitrogen and oxygen atoms in total. The number of nitrogens with zero attached hydrogens (tertiary/aromatic N) is 7. The summed E-state index contributed by atoms with van der Waals surface area (Å²) >= 11 is 0. The van der Waals surface area contributed by atoms with Crippen LogP contribution in [-0.4, -0.2) is 113 Å². The van der Waals surface area contributed by atoms with Gasteiger partial charge in [-0.1, -0.05) is 18.1 Å². The quantitative estimate of drug-likeness (QED) is 0.115. The molecule has 39 heavy (non-hydrogen) atoms. The molecule has 0 spiro atoms. The van der Waals surface area contributed by atoms with E-state index in [2.05, 4.69) is 41.0 Å². The van der Waals surface area contributed by atoms with Crippen LogP contribution >= 0.6 is 7.60 Å². The van der Waals surface area contributed by atoms with E-state index in [4.69, 9.17) is 9.47 Å². The molecule has 0 bridgehead atoms. The molecular weight excluding hydrogens is 541 g/mol. The molecule has 1 aliphatic carbocycles. The van der Waals surface area contributed by atoms with Gasteiger partial charge in [-0.2, -0.15) is 10.3 Å². The number of hydrogen-bond acceptors (Lipinski definition) is 14. The van der Waals surface area contributed by atoms with Crippen molar-refractivity contribution < 1.29 is 44.3 Å². The first-order chi connectivity index (χ1) is 18.7. The highest BCUT2D eigenvalue weighted by Crippen LogP contribution is 2.53. The van der Waals surface area contributed by atoms with Crippen molar-refractivity contribution in [2.24, 2.45) is 0 Å². The summed E-state index contributed by atoms with van der Waals surface area (Å²) in [6, 6.07) is 0.211. The van der Waals surface area contributed by atoms with E-state index in [1.54, 1.807) is 0 Å². The van der Waals surface area contributed by atoms with Gasteiger partial charge < -0.3 is 45.0 Å². The van der Waals surface area contributed by atoms with Gasteiger partial charge in [0.15, 0.2) is 28.9 Å². The standard InChI is InChI=1S/C20H30N9O9P/c30-7-14-23-17(22-10-3-1-2-4-10)11-6-21-29(18(11)24-14)19-16(33)15(32)12(38-19)8-37-20(9-31,39(34,35)36)5-13-25-27-28-26-13/h6,10,12,15-16,19,30-33H,1-5,7-9H2,(H,22,23,24)(H2,34,35,36)(H,25,26,27,28)/t12-,15-,16-,19-,20?/m0/s1. The highest BCUT2D eigenvalue weighted by molar-refractivity contribution is 7.53. The molecule has 4 heterocycles. The second-order valence-corrected chi connectivity index (χ2v) is 11.5. The molecule has 5 rings (SSSR count). The van der Waals surface area contributed by atoms with Gasteiger partial charge in [-0.15, -0.1) is 10.2 Å². The Morgan fingerprint density at radius 1 is 1.18 bits per heavy atom. The summed E-state index contributed by atoms with van der Waals surface area (Å²) in [5, 5.41) is 59.6. The molecule has 1 saturated carbocycles. The van der Waals surface area contributed by atoms with E-state index >= 15 is 0 Å². The lowest BCUT2D eigenvalue weighted by Crippen LogP contribution is -2.43. The highest BCUT2D eigenvalue weighted by Gasteiger charge is 2.52. The summed E-state index contributed by atoms with van der Waals surface area (Å²) in [5.74, 6) is 0.474. The van der Waals surface area contributed by atoms with E-state index in [9.17, 15) is 34.8 Å². The third-order valence-electron chi connectivity index (χ3n) is 7.03. The minimum absolute atomic E-state index is 0.119. The molecule has 0 amide bonds. The molecule has 2 fully saturated rings. The van der Waals surface area contributed by atoms with Crippen LogP contribution in [0, 0.1) is 0 Å². The van der Waals surface area contributed by atoms with Crippen molar-refractivity contribution in [2.45, 2.75) is 74.6 Å². The molecule has 2 aliphatic rings. The van der Waals surface area contributed by atoms with Gasteiger partial charge in [0.05, 0.1) is 31.2 Å². The van der Waals surface area contributed by atoms with E-state index in [-0.39, 0.29) is 23.3 Å². The number of nitrogens with one attached hydrogen (secondary N) is 2. The van der Waals surface area contributed by atoms with Crippen LogP contribution in [0.2, 0.25) is 0 Å². The fraction of sp³-hybridized carbons (Fsp3) is 0.700. The van der Waals surface area contributed by atoms with Gasteiger partial charge in [0.25, 0.3) is 0 Å². The lowest BCUT2D eigenvalue weighted by Gasteiger charge is -2.32. The molecular formula is C20H30N9O9P. The van der Waals surface area contributed by atoms with E-state index < -0.39 is 63.7 Å². The Balaban J connectivity index is 1.38. The normalized spacial score (nSPS) is 25.9. The smallest absolute Gasteiger partial charge is 0.359 e. The molecule has 19 heteroatoms. The number of aliphatic hydroxyl groups excluding tert-OH is 4. The van der Waals surface area contributed by atoms with Crippen molar-refractivity contribution in [1.82, 2.24) is 40.4 Å².